The van der Waals surface area contributed by atoms with Gasteiger partial charge in [-0.2, -0.15) is 13.5 Å². The molecule has 112 valence electrons. The molecule has 0 saturated carbocycles. The molecule has 0 unspecified atom stereocenters. The van der Waals surface area contributed by atoms with E-state index in [9.17, 15) is 13.2 Å². The van der Waals surface area contributed by atoms with Crippen LogP contribution in [0.4, 0.5) is 5.69 Å². The summed E-state index contributed by atoms with van der Waals surface area (Å²) in [7, 11) is -4.04. The van der Waals surface area contributed by atoms with Crippen LogP contribution >= 0.6 is 0 Å². The lowest BCUT2D eigenvalue weighted by atomic mass is 10.0. The fourth-order valence-corrected chi connectivity index (χ4v) is 2.94. The summed E-state index contributed by atoms with van der Waals surface area (Å²) < 4.78 is 26.8. The maximum atomic E-state index is 12.2. The molecule has 8 heteroatoms. The number of aromatic nitrogens is 2. The van der Waals surface area contributed by atoms with Crippen molar-refractivity contribution in [1.29, 1.82) is 0 Å². The Morgan fingerprint density at radius 2 is 2.10 bits per heavy atom. The standard InChI is InChI=1S/C13H15N3O4S/c1-8(2)9-4-3-5-10(6-9)16-21(19,20)12-11(13(17)18)7-14-15-12/h3-8,16H,1-2H3,(H,14,15)(H,17,18). The second-order valence-corrected chi connectivity index (χ2v) is 6.42. The van der Waals surface area contributed by atoms with E-state index < -0.39 is 26.6 Å². The third-order valence-corrected chi connectivity index (χ3v) is 4.26. The smallest absolute Gasteiger partial charge is 0.340 e. The maximum absolute atomic E-state index is 12.2. The highest BCUT2D eigenvalue weighted by Gasteiger charge is 2.24. The summed E-state index contributed by atoms with van der Waals surface area (Å²) in [6.45, 7) is 3.98. The summed E-state index contributed by atoms with van der Waals surface area (Å²) >= 11 is 0. The van der Waals surface area contributed by atoms with Gasteiger partial charge in [-0.05, 0) is 23.6 Å². The van der Waals surface area contributed by atoms with E-state index in [4.69, 9.17) is 5.11 Å². The number of hydrogen-bond donors (Lipinski definition) is 3. The van der Waals surface area contributed by atoms with Crippen molar-refractivity contribution >= 4 is 21.7 Å². The molecule has 0 saturated heterocycles. The molecule has 0 bridgehead atoms. The third-order valence-electron chi connectivity index (χ3n) is 2.91. The predicted octanol–water partition coefficient (Wildman–Crippen LogP) is 2.03. The summed E-state index contributed by atoms with van der Waals surface area (Å²) in [5.41, 5.74) is 0.938. The molecule has 0 atom stereocenters. The van der Waals surface area contributed by atoms with E-state index in [0.717, 1.165) is 11.8 Å². The summed E-state index contributed by atoms with van der Waals surface area (Å²) in [6.07, 6.45) is 0.960. The first-order chi connectivity index (χ1) is 9.81. The molecule has 0 aliphatic carbocycles. The van der Waals surface area contributed by atoms with Crippen molar-refractivity contribution in [2.45, 2.75) is 24.8 Å². The maximum Gasteiger partial charge on any atom is 0.340 e. The van der Waals surface area contributed by atoms with Gasteiger partial charge in [0.1, 0.15) is 5.56 Å². The number of hydrogen-bond acceptors (Lipinski definition) is 4. The zero-order valence-corrected chi connectivity index (χ0v) is 12.3. The van der Waals surface area contributed by atoms with E-state index in [1.807, 2.05) is 19.9 Å². The number of carboxylic acid groups (broad SMARTS) is 1. The number of nitrogens with one attached hydrogen (secondary N) is 2. The van der Waals surface area contributed by atoms with Gasteiger partial charge in [-0.15, -0.1) is 0 Å². The first kappa shape index (κ1) is 15.0. The van der Waals surface area contributed by atoms with Crippen LogP contribution in [0.25, 0.3) is 0 Å². The molecular weight excluding hydrogens is 294 g/mol. The number of anilines is 1. The molecule has 0 aliphatic heterocycles. The number of H-pyrrole nitrogens is 1. The number of carbonyl (C=O) groups is 1. The predicted molar refractivity (Wildman–Crippen MR) is 76.9 cm³/mol. The molecule has 1 aromatic heterocycles. The molecule has 2 aromatic rings. The minimum Gasteiger partial charge on any atom is -0.478 e. The van der Waals surface area contributed by atoms with E-state index in [2.05, 4.69) is 14.9 Å². The largest absolute Gasteiger partial charge is 0.478 e. The summed E-state index contributed by atoms with van der Waals surface area (Å²) in [6, 6.07) is 6.93. The molecule has 0 radical (unpaired) electrons. The quantitative estimate of drug-likeness (QED) is 0.782. The molecular formula is C13H15N3O4S. The Bertz CT molecular complexity index is 765. The lowest BCUT2D eigenvalue weighted by Crippen LogP contribution is -2.16. The van der Waals surface area contributed by atoms with Gasteiger partial charge in [0.2, 0.25) is 0 Å². The summed E-state index contributed by atoms with van der Waals surface area (Å²) in [5, 5.41) is 14.2. The van der Waals surface area contributed by atoms with Crippen molar-refractivity contribution in [1.82, 2.24) is 10.2 Å². The van der Waals surface area contributed by atoms with E-state index in [1.165, 1.54) is 0 Å². The highest BCUT2D eigenvalue weighted by Crippen LogP contribution is 2.21. The van der Waals surface area contributed by atoms with Crippen LogP contribution in [0.3, 0.4) is 0 Å². The van der Waals surface area contributed by atoms with Crippen molar-refractivity contribution in [2.75, 3.05) is 4.72 Å². The Balaban J connectivity index is 2.36. The molecule has 1 heterocycles. The van der Waals surface area contributed by atoms with Crippen LogP contribution < -0.4 is 4.72 Å². The fourth-order valence-electron chi connectivity index (χ4n) is 1.80. The SMILES string of the molecule is CC(C)c1cccc(NS(=O)(=O)c2[nH]ncc2C(=O)O)c1. The van der Waals surface area contributed by atoms with Gasteiger partial charge in [0.25, 0.3) is 10.0 Å². The van der Waals surface area contributed by atoms with Crippen LogP contribution in [0, 0.1) is 0 Å². The van der Waals surface area contributed by atoms with Crippen LogP contribution in [0.1, 0.15) is 35.7 Å². The van der Waals surface area contributed by atoms with Gasteiger partial charge in [-0.3, -0.25) is 9.82 Å². The Kier molecular flexibility index (Phi) is 3.99. The minimum absolute atomic E-state index is 0.246. The molecule has 7 nitrogen and oxygen atoms in total. The number of carboxylic acids is 1. The Labute approximate surface area is 122 Å². The Hall–Kier alpha value is -2.35. The van der Waals surface area contributed by atoms with Gasteiger partial charge < -0.3 is 5.11 Å². The molecule has 1 aromatic carbocycles. The van der Waals surface area contributed by atoms with Gasteiger partial charge in [0.15, 0.2) is 5.03 Å². The summed E-state index contributed by atoms with van der Waals surface area (Å²) in [4.78, 5) is 11.0. The van der Waals surface area contributed by atoms with Gasteiger partial charge in [0, 0.05) is 5.69 Å². The molecule has 0 amide bonds. The number of sulfonamides is 1. The molecule has 0 fully saturated rings. The van der Waals surface area contributed by atoms with Crippen molar-refractivity contribution in [3.63, 3.8) is 0 Å². The lowest BCUT2D eigenvalue weighted by molar-refractivity contribution is 0.0692. The number of rotatable bonds is 5. The van der Waals surface area contributed by atoms with Crippen LogP contribution in [0.15, 0.2) is 35.5 Å². The second kappa shape index (κ2) is 5.57. The summed E-state index contributed by atoms with van der Waals surface area (Å²) in [5.74, 6) is -1.11. The van der Waals surface area contributed by atoms with Crippen LogP contribution in [-0.2, 0) is 10.0 Å². The van der Waals surface area contributed by atoms with Gasteiger partial charge in [-0.25, -0.2) is 4.79 Å². The number of nitrogens with zero attached hydrogens (tertiary/aromatic N) is 1. The number of aromatic amines is 1. The van der Waals surface area contributed by atoms with Gasteiger partial charge in [-0.1, -0.05) is 26.0 Å². The van der Waals surface area contributed by atoms with Crippen molar-refractivity contribution in [2.24, 2.45) is 0 Å². The molecule has 21 heavy (non-hydrogen) atoms. The molecule has 3 N–H and O–H groups in total. The normalized spacial score (nSPS) is 11.6. The second-order valence-electron chi connectivity index (χ2n) is 4.80. The third kappa shape index (κ3) is 3.22. The van der Waals surface area contributed by atoms with Crippen LogP contribution in [-0.4, -0.2) is 29.7 Å². The van der Waals surface area contributed by atoms with E-state index in [-0.39, 0.29) is 5.92 Å². The van der Waals surface area contributed by atoms with Crippen molar-refractivity contribution in [3.8, 4) is 0 Å². The highest BCUT2D eigenvalue weighted by molar-refractivity contribution is 7.92. The average molecular weight is 309 g/mol. The number of benzene rings is 1. The fraction of sp³-hybridized carbons (Fsp3) is 0.231. The molecule has 0 spiro atoms. The average Bonchev–Trinajstić information content (AvgIpc) is 2.88. The molecule has 0 aliphatic rings. The first-order valence-corrected chi connectivity index (χ1v) is 7.69. The van der Waals surface area contributed by atoms with Crippen molar-refractivity contribution in [3.05, 3.63) is 41.6 Å². The van der Waals surface area contributed by atoms with Crippen molar-refractivity contribution < 1.29 is 18.3 Å². The van der Waals surface area contributed by atoms with E-state index in [0.29, 0.717) is 5.69 Å². The monoisotopic (exact) mass is 309 g/mol. The Morgan fingerprint density at radius 3 is 2.71 bits per heavy atom. The molecule has 2 rings (SSSR count). The Morgan fingerprint density at radius 1 is 1.38 bits per heavy atom. The zero-order valence-electron chi connectivity index (χ0n) is 11.5. The first-order valence-electron chi connectivity index (χ1n) is 6.20. The van der Waals surface area contributed by atoms with Gasteiger partial charge in [0.05, 0.1) is 6.20 Å². The lowest BCUT2D eigenvalue weighted by Gasteiger charge is -2.10. The topological polar surface area (TPSA) is 112 Å². The van der Waals surface area contributed by atoms with Gasteiger partial charge >= 0.3 is 5.97 Å². The van der Waals surface area contributed by atoms with Crippen LogP contribution in [0.5, 0.6) is 0 Å². The minimum atomic E-state index is -4.04. The van der Waals surface area contributed by atoms with Crippen LogP contribution in [0.2, 0.25) is 0 Å². The van der Waals surface area contributed by atoms with E-state index in [1.54, 1.807) is 18.2 Å². The highest BCUT2D eigenvalue weighted by atomic mass is 32.2. The number of aromatic carboxylic acids is 1. The van der Waals surface area contributed by atoms with E-state index >= 15 is 0 Å². The zero-order chi connectivity index (χ0) is 15.6.